The molecule has 1 heterocycles. The number of hydrogen-bond donors (Lipinski definition) is 1. The van der Waals surface area contributed by atoms with Gasteiger partial charge in [-0.25, -0.2) is 0 Å². The van der Waals surface area contributed by atoms with E-state index in [2.05, 4.69) is 59.6 Å². The van der Waals surface area contributed by atoms with Gasteiger partial charge in [-0.3, -0.25) is 9.78 Å². The molecule has 5 aromatic rings. The van der Waals surface area contributed by atoms with Crippen LogP contribution in [0, 0.1) is 0 Å². The van der Waals surface area contributed by atoms with Crippen LogP contribution in [0.3, 0.4) is 0 Å². The fourth-order valence-electron chi connectivity index (χ4n) is 5.27. The fourth-order valence-corrected chi connectivity index (χ4v) is 5.27. The van der Waals surface area contributed by atoms with Crippen molar-refractivity contribution in [1.29, 1.82) is 0 Å². The van der Waals surface area contributed by atoms with Crippen LogP contribution in [0.5, 0.6) is 0 Å². The Morgan fingerprint density at radius 2 is 1.54 bits per heavy atom. The Hall–Kier alpha value is -4.24. The van der Waals surface area contributed by atoms with Gasteiger partial charge >= 0.3 is 0 Å². The van der Waals surface area contributed by atoms with Gasteiger partial charge in [0.05, 0.1) is 0 Å². The molecule has 1 aliphatic carbocycles. The van der Waals surface area contributed by atoms with E-state index in [9.17, 15) is 4.79 Å². The SMILES string of the molecule is Nc1ccc(-c2ccccc2)cc1CC(=O)c1cc2ccc(CCc3ccccc3)c(C3CC3)c2cn1. The molecule has 6 rings (SSSR count). The van der Waals surface area contributed by atoms with Crippen LogP contribution in [-0.2, 0) is 19.3 Å². The van der Waals surface area contributed by atoms with Crippen LogP contribution in [-0.4, -0.2) is 10.8 Å². The Morgan fingerprint density at radius 1 is 0.784 bits per heavy atom. The predicted molar refractivity (Wildman–Crippen MR) is 152 cm³/mol. The van der Waals surface area contributed by atoms with E-state index in [1.54, 1.807) is 0 Å². The van der Waals surface area contributed by atoms with Gasteiger partial charge in [0.15, 0.2) is 5.78 Å². The summed E-state index contributed by atoms with van der Waals surface area (Å²) in [5.41, 5.74) is 14.6. The van der Waals surface area contributed by atoms with Crippen LogP contribution in [0.2, 0.25) is 0 Å². The Balaban J connectivity index is 1.26. The van der Waals surface area contributed by atoms with E-state index >= 15 is 0 Å². The molecule has 37 heavy (non-hydrogen) atoms. The highest BCUT2D eigenvalue weighted by atomic mass is 16.1. The zero-order chi connectivity index (χ0) is 25.2. The largest absolute Gasteiger partial charge is 0.398 e. The molecule has 3 heteroatoms. The second-order valence-electron chi connectivity index (χ2n) is 10.1. The van der Waals surface area contributed by atoms with Crippen LogP contribution in [0.25, 0.3) is 21.9 Å². The molecular formula is C34H30N2O. The number of rotatable bonds is 8. The third-order valence-corrected chi connectivity index (χ3v) is 7.43. The average Bonchev–Trinajstić information content (AvgIpc) is 3.79. The molecule has 4 aromatic carbocycles. The zero-order valence-electron chi connectivity index (χ0n) is 20.9. The summed E-state index contributed by atoms with van der Waals surface area (Å²) in [5, 5.41) is 2.28. The van der Waals surface area contributed by atoms with Gasteiger partial charge in [-0.1, -0.05) is 78.9 Å². The van der Waals surface area contributed by atoms with E-state index in [-0.39, 0.29) is 12.2 Å². The minimum Gasteiger partial charge on any atom is -0.398 e. The number of carbonyl (C=O) groups excluding carboxylic acids is 1. The lowest BCUT2D eigenvalue weighted by Crippen LogP contribution is -2.08. The molecule has 0 bridgehead atoms. The number of benzene rings is 4. The molecule has 0 saturated heterocycles. The van der Waals surface area contributed by atoms with Crippen molar-refractivity contribution in [3.63, 3.8) is 0 Å². The monoisotopic (exact) mass is 482 g/mol. The third kappa shape index (κ3) is 5.03. The van der Waals surface area contributed by atoms with Gasteiger partial charge in [0.25, 0.3) is 0 Å². The number of ketones is 1. The smallest absolute Gasteiger partial charge is 0.185 e. The summed E-state index contributed by atoms with van der Waals surface area (Å²) < 4.78 is 0. The number of anilines is 1. The van der Waals surface area contributed by atoms with Crippen LogP contribution in [0.15, 0.2) is 103 Å². The van der Waals surface area contributed by atoms with Crippen LogP contribution >= 0.6 is 0 Å². The summed E-state index contributed by atoms with van der Waals surface area (Å²) in [6, 6.07) is 33.1. The van der Waals surface area contributed by atoms with Crippen molar-refractivity contribution in [2.24, 2.45) is 0 Å². The number of fused-ring (bicyclic) bond motifs is 1. The van der Waals surface area contributed by atoms with Crippen molar-refractivity contribution in [1.82, 2.24) is 4.98 Å². The number of nitrogen functional groups attached to an aromatic ring is 1. The third-order valence-electron chi connectivity index (χ3n) is 7.43. The number of nitrogens with zero attached hydrogens (tertiary/aromatic N) is 1. The maximum atomic E-state index is 13.3. The number of Topliss-reactive ketones (excluding diaryl/α,β-unsaturated/α-hetero) is 1. The molecule has 0 spiro atoms. The first-order chi connectivity index (χ1) is 18.2. The van der Waals surface area contributed by atoms with Crippen molar-refractivity contribution in [2.75, 3.05) is 5.73 Å². The van der Waals surface area contributed by atoms with E-state index in [4.69, 9.17) is 5.73 Å². The first-order valence-electron chi connectivity index (χ1n) is 13.1. The lowest BCUT2D eigenvalue weighted by molar-refractivity contribution is 0.0988. The number of aryl methyl sites for hydroxylation is 2. The summed E-state index contributed by atoms with van der Waals surface area (Å²) in [6.07, 6.45) is 6.66. The average molecular weight is 483 g/mol. The van der Waals surface area contributed by atoms with Crippen molar-refractivity contribution in [3.8, 4) is 11.1 Å². The van der Waals surface area contributed by atoms with E-state index in [1.807, 2.05) is 48.7 Å². The molecule has 182 valence electrons. The Morgan fingerprint density at radius 3 is 2.30 bits per heavy atom. The second-order valence-corrected chi connectivity index (χ2v) is 10.1. The molecule has 2 N–H and O–H groups in total. The van der Waals surface area contributed by atoms with Crippen molar-refractivity contribution < 1.29 is 4.79 Å². The van der Waals surface area contributed by atoms with E-state index in [1.165, 1.54) is 34.9 Å². The van der Waals surface area contributed by atoms with Gasteiger partial charge in [0.2, 0.25) is 0 Å². The maximum absolute atomic E-state index is 13.3. The molecule has 0 atom stereocenters. The highest BCUT2D eigenvalue weighted by Gasteiger charge is 2.28. The lowest BCUT2D eigenvalue weighted by Gasteiger charge is -2.14. The topological polar surface area (TPSA) is 56.0 Å². The van der Waals surface area contributed by atoms with Gasteiger partial charge in [0, 0.05) is 23.7 Å². The number of carbonyl (C=O) groups is 1. The molecule has 0 amide bonds. The van der Waals surface area contributed by atoms with Crippen molar-refractivity contribution in [2.45, 2.75) is 38.0 Å². The standard InChI is InChI=1S/C34H30N2O/c35-31-18-17-27(24-9-5-2-6-10-24)19-29(31)21-33(37)32-20-28-16-15-25(12-11-23-7-3-1-4-8-23)34(26-13-14-26)30(28)22-36-32/h1-10,15-20,22,26H,11-14,21,35H2. The van der Waals surface area contributed by atoms with Gasteiger partial charge in [0.1, 0.15) is 5.69 Å². The van der Waals surface area contributed by atoms with Crippen LogP contribution in [0.4, 0.5) is 5.69 Å². The molecule has 1 aromatic heterocycles. The number of nitrogens with two attached hydrogens (primary N) is 1. The van der Waals surface area contributed by atoms with Gasteiger partial charge < -0.3 is 5.73 Å². The summed E-state index contributed by atoms with van der Waals surface area (Å²) in [7, 11) is 0. The van der Waals surface area contributed by atoms with Gasteiger partial charge in [-0.15, -0.1) is 0 Å². The first kappa shape index (κ1) is 23.2. The molecule has 3 nitrogen and oxygen atoms in total. The summed E-state index contributed by atoms with van der Waals surface area (Å²) in [5.74, 6) is 0.596. The molecule has 1 fully saturated rings. The fraction of sp³-hybridized carbons (Fsp3) is 0.176. The van der Waals surface area contributed by atoms with Crippen LogP contribution in [0.1, 0.15) is 51.5 Å². The van der Waals surface area contributed by atoms with Gasteiger partial charge in [-0.05, 0) is 88.6 Å². The molecule has 0 aliphatic heterocycles. The van der Waals surface area contributed by atoms with E-state index in [0.29, 0.717) is 17.3 Å². The molecule has 1 saturated carbocycles. The minimum absolute atomic E-state index is 0.0139. The Labute approximate surface area is 218 Å². The van der Waals surface area contributed by atoms with E-state index < -0.39 is 0 Å². The van der Waals surface area contributed by atoms with Crippen LogP contribution < -0.4 is 5.73 Å². The summed E-state index contributed by atoms with van der Waals surface area (Å²) in [4.78, 5) is 18.0. The molecule has 0 unspecified atom stereocenters. The molecular weight excluding hydrogens is 452 g/mol. The zero-order valence-corrected chi connectivity index (χ0v) is 20.9. The Bertz CT molecular complexity index is 1570. The normalized spacial score (nSPS) is 13.1. The summed E-state index contributed by atoms with van der Waals surface area (Å²) >= 11 is 0. The second kappa shape index (κ2) is 10.0. The molecule has 0 radical (unpaired) electrons. The van der Waals surface area contributed by atoms with Gasteiger partial charge in [-0.2, -0.15) is 0 Å². The highest BCUT2D eigenvalue weighted by molar-refractivity contribution is 6.00. The lowest BCUT2D eigenvalue weighted by atomic mass is 9.92. The quantitative estimate of drug-likeness (QED) is 0.183. The maximum Gasteiger partial charge on any atom is 0.185 e. The minimum atomic E-state index is -0.0139. The molecule has 1 aliphatic rings. The van der Waals surface area contributed by atoms with E-state index in [0.717, 1.165) is 34.9 Å². The number of pyridine rings is 1. The highest BCUT2D eigenvalue weighted by Crippen LogP contribution is 2.45. The Kier molecular flexibility index (Phi) is 6.28. The van der Waals surface area contributed by atoms with Crippen molar-refractivity contribution in [3.05, 3.63) is 131 Å². The number of hydrogen-bond acceptors (Lipinski definition) is 3. The van der Waals surface area contributed by atoms with Crippen molar-refractivity contribution >= 4 is 22.2 Å². The number of aromatic nitrogens is 1. The summed E-state index contributed by atoms with van der Waals surface area (Å²) in [6.45, 7) is 0. The predicted octanol–water partition coefficient (Wildman–Crippen LogP) is 7.57. The first-order valence-corrected chi connectivity index (χ1v) is 13.1.